The third-order valence-corrected chi connectivity index (χ3v) is 4.34. The molecular formula is C22H28N2O3. The molecule has 0 aliphatic heterocycles. The van der Waals surface area contributed by atoms with E-state index in [0.717, 1.165) is 11.1 Å². The first-order chi connectivity index (χ1) is 12.8. The molecule has 0 fully saturated rings. The van der Waals surface area contributed by atoms with Crippen molar-refractivity contribution in [2.24, 2.45) is 0 Å². The summed E-state index contributed by atoms with van der Waals surface area (Å²) in [6.45, 7) is 10.8. The zero-order chi connectivity index (χ0) is 20.0. The average Bonchev–Trinajstić information content (AvgIpc) is 2.62. The Balaban J connectivity index is 2.14. The monoisotopic (exact) mass is 368 g/mol. The van der Waals surface area contributed by atoms with E-state index in [4.69, 9.17) is 4.74 Å². The van der Waals surface area contributed by atoms with E-state index in [1.807, 2.05) is 45.9 Å². The van der Waals surface area contributed by atoms with E-state index in [2.05, 4.69) is 5.32 Å². The standard InChI is InChI=1S/C22H28N2O3/c1-6-24(7-2)22(26)19-10-8-9-11-20(19)23-21(25)17(5)27-18-13-15(3)12-16(4)14-18/h8-14,17H,6-7H2,1-5H3,(H,23,25)/t17-/m1/s1. The van der Waals surface area contributed by atoms with Gasteiger partial charge in [-0.25, -0.2) is 0 Å². The molecule has 0 aliphatic carbocycles. The zero-order valence-corrected chi connectivity index (χ0v) is 16.7. The molecule has 2 rings (SSSR count). The predicted molar refractivity (Wildman–Crippen MR) is 108 cm³/mol. The van der Waals surface area contributed by atoms with Gasteiger partial charge in [-0.2, -0.15) is 0 Å². The van der Waals surface area contributed by atoms with E-state index in [-0.39, 0.29) is 11.8 Å². The van der Waals surface area contributed by atoms with Crippen LogP contribution in [0.15, 0.2) is 42.5 Å². The van der Waals surface area contributed by atoms with E-state index in [0.29, 0.717) is 30.1 Å². The van der Waals surface area contributed by atoms with Crippen LogP contribution >= 0.6 is 0 Å². The van der Waals surface area contributed by atoms with Crippen LogP contribution < -0.4 is 10.1 Å². The van der Waals surface area contributed by atoms with E-state index >= 15 is 0 Å². The molecule has 0 bridgehead atoms. The van der Waals surface area contributed by atoms with Crippen LogP contribution in [-0.2, 0) is 4.79 Å². The number of hydrogen-bond acceptors (Lipinski definition) is 3. The number of para-hydroxylation sites is 1. The largest absolute Gasteiger partial charge is 0.481 e. The van der Waals surface area contributed by atoms with E-state index < -0.39 is 6.10 Å². The molecule has 0 radical (unpaired) electrons. The summed E-state index contributed by atoms with van der Waals surface area (Å²) in [6.07, 6.45) is -0.692. The smallest absolute Gasteiger partial charge is 0.265 e. The van der Waals surface area contributed by atoms with Crippen LogP contribution in [0.2, 0.25) is 0 Å². The number of carbonyl (C=O) groups excluding carboxylic acids is 2. The van der Waals surface area contributed by atoms with Crippen LogP contribution in [0.4, 0.5) is 5.69 Å². The maximum atomic E-state index is 12.7. The summed E-state index contributed by atoms with van der Waals surface area (Å²) in [7, 11) is 0. The van der Waals surface area contributed by atoms with Gasteiger partial charge in [-0.3, -0.25) is 9.59 Å². The molecule has 0 saturated heterocycles. The van der Waals surface area contributed by atoms with Crippen molar-refractivity contribution in [3.05, 3.63) is 59.2 Å². The number of carbonyl (C=O) groups is 2. The second-order valence-corrected chi connectivity index (χ2v) is 6.60. The van der Waals surface area contributed by atoms with Crippen LogP contribution in [0, 0.1) is 13.8 Å². The highest BCUT2D eigenvalue weighted by molar-refractivity contribution is 6.04. The molecule has 1 N–H and O–H groups in total. The number of hydrogen-bond donors (Lipinski definition) is 1. The van der Waals surface area contributed by atoms with Gasteiger partial charge < -0.3 is 15.0 Å². The van der Waals surface area contributed by atoms with E-state index in [9.17, 15) is 9.59 Å². The lowest BCUT2D eigenvalue weighted by Crippen LogP contribution is -2.33. The quantitative estimate of drug-likeness (QED) is 0.797. The molecule has 2 amide bonds. The normalized spacial score (nSPS) is 11.6. The molecule has 0 spiro atoms. The summed E-state index contributed by atoms with van der Waals surface area (Å²) in [5.74, 6) is 0.260. The Morgan fingerprint density at radius 2 is 1.63 bits per heavy atom. The summed E-state index contributed by atoms with van der Waals surface area (Å²) in [6, 6.07) is 12.9. The van der Waals surface area contributed by atoms with Gasteiger partial charge in [0.05, 0.1) is 11.3 Å². The van der Waals surface area contributed by atoms with Gasteiger partial charge in [0.15, 0.2) is 6.10 Å². The van der Waals surface area contributed by atoms with Crippen molar-refractivity contribution in [3.63, 3.8) is 0 Å². The Hall–Kier alpha value is -2.82. The minimum atomic E-state index is -0.692. The van der Waals surface area contributed by atoms with Crippen LogP contribution in [-0.4, -0.2) is 35.9 Å². The summed E-state index contributed by atoms with van der Waals surface area (Å²) in [4.78, 5) is 27.0. The van der Waals surface area contributed by atoms with Crippen LogP contribution in [0.25, 0.3) is 0 Å². The van der Waals surface area contributed by atoms with Gasteiger partial charge in [-0.1, -0.05) is 18.2 Å². The molecule has 5 nitrogen and oxygen atoms in total. The summed E-state index contributed by atoms with van der Waals surface area (Å²) in [5, 5.41) is 2.83. The maximum absolute atomic E-state index is 12.7. The Labute approximate surface area is 161 Å². The predicted octanol–water partition coefficient (Wildman–Crippen LogP) is 4.19. The number of anilines is 1. The number of nitrogens with zero attached hydrogens (tertiary/aromatic N) is 1. The topological polar surface area (TPSA) is 58.6 Å². The fourth-order valence-corrected chi connectivity index (χ4v) is 2.95. The van der Waals surface area contributed by atoms with Crippen LogP contribution in [0.3, 0.4) is 0 Å². The molecule has 5 heteroatoms. The van der Waals surface area contributed by atoms with Crippen molar-refractivity contribution in [1.29, 1.82) is 0 Å². The highest BCUT2D eigenvalue weighted by Gasteiger charge is 2.20. The SMILES string of the molecule is CCN(CC)C(=O)c1ccccc1NC(=O)[C@@H](C)Oc1cc(C)cc(C)c1. The lowest BCUT2D eigenvalue weighted by atomic mass is 10.1. The number of amides is 2. The average molecular weight is 368 g/mol. The first kappa shape index (κ1) is 20.5. The van der Waals surface area contributed by atoms with Gasteiger partial charge in [-0.05, 0) is 70.0 Å². The number of nitrogens with one attached hydrogen (secondary N) is 1. The maximum Gasteiger partial charge on any atom is 0.265 e. The molecule has 1 atom stereocenters. The highest BCUT2D eigenvalue weighted by Crippen LogP contribution is 2.20. The van der Waals surface area contributed by atoms with Gasteiger partial charge in [0.2, 0.25) is 0 Å². The third kappa shape index (κ3) is 5.33. The summed E-state index contributed by atoms with van der Waals surface area (Å²) < 4.78 is 5.79. The second-order valence-electron chi connectivity index (χ2n) is 6.60. The van der Waals surface area contributed by atoms with Crippen LogP contribution in [0.5, 0.6) is 5.75 Å². The fraction of sp³-hybridized carbons (Fsp3) is 0.364. The minimum Gasteiger partial charge on any atom is -0.481 e. The summed E-state index contributed by atoms with van der Waals surface area (Å²) in [5.41, 5.74) is 3.13. The van der Waals surface area contributed by atoms with Gasteiger partial charge in [0.1, 0.15) is 5.75 Å². The molecule has 144 valence electrons. The van der Waals surface area contributed by atoms with Crippen molar-refractivity contribution >= 4 is 17.5 Å². The Kier molecular flexibility index (Phi) is 6.99. The number of rotatable bonds is 7. The van der Waals surface area contributed by atoms with Crippen molar-refractivity contribution in [1.82, 2.24) is 4.90 Å². The third-order valence-electron chi connectivity index (χ3n) is 4.34. The van der Waals surface area contributed by atoms with Gasteiger partial charge in [0.25, 0.3) is 11.8 Å². The van der Waals surface area contributed by atoms with Crippen molar-refractivity contribution in [2.75, 3.05) is 18.4 Å². The summed E-state index contributed by atoms with van der Waals surface area (Å²) >= 11 is 0. The van der Waals surface area contributed by atoms with Gasteiger partial charge in [0, 0.05) is 13.1 Å². The second kappa shape index (κ2) is 9.21. The van der Waals surface area contributed by atoms with Gasteiger partial charge in [-0.15, -0.1) is 0 Å². The highest BCUT2D eigenvalue weighted by atomic mass is 16.5. The molecule has 0 aliphatic rings. The lowest BCUT2D eigenvalue weighted by molar-refractivity contribution is -0.122. The number of benzene rings is 2. The molecule has 27 heavy (non-hydrogen) atoms. The fourth-order valence-electron chi connectivity index (χ4n) is 2.95. The minimum absolute atomic E-state index is 0.0984. The molecular weight excluding hydrogens is 340 g/mol. The molecule has 0 saturated carbocycles. The Bertz CT molecular complexity index is 793. The Morgan fingerprint density at radius 1 is 1.04 bits per heavy atom. The number of aryl methyl sites for hydroxylation is 2. The first-order valence-corrected chi connectivity index (χ1v) is 9.29. The van der Waals surface area contributed by atoms with Crippen molar-refractivity contribution < 1.29 is 14.3 Å². The van der Waals surface area contributed by atoms with Crippen LogP contribution in [0.1, 0.15) is 42.3 Å². The Morgan fingerprint density at radius 3 is 2.22 bits per heavy atom. The van der Waals surface area contributed by atoms with Crippen molar-refractivity contribution in [2.45, 2.75) is 40.7 Å². The lowest BCUT2D eigenvalue weighted by Gasteiger charge is -2.21. The molecule has 2 aromatic rings. The molecule has 0 heterocycles. The van der Waals surface area contributed by atoms with E-state index in [1.54, 1.807) is 36.1 Å². The first-order valence-electron chi connectivity index (χ1n) is 9.29. The number of ether oxygens (including phenoxy) is 1. The van der Waals surface area contributed by atoms with Crippen molar-refractivity contribution in [3.8, 4) is 5.75 Å². The molecule has 2 aromatic carbocycles. The zero-order valence-electron chi connectivity index (χ0n) is 16.7. The van der Waals surface area contributed by atoms with E-state index in [1.165, 1.54) is 0 Å². The molecule has 0 aromatic heterocycles. The van der Waals surface area contributed by atoms with Gasteiger partial charge >= 0.3 is 0 Å². The molecule has 0 unspecified atom stereocenters.